The second kappa shape index (κ2) is 7.02. The summed E-state index contributed by atoms with van der Waals surface area (Å²) in [5.41, 5.74) is 1.22. The van der Waals surface area contributed by atoms with Gasteiger partial charge in [-0.2, -0.15) is 5.26 Å². The van der Waals surface area contributed by atoms with Crippen LogP contribution in [-0.2, 0) is 0 Å². The molecule has 106 valence electrons. The van der Waals surface area contributed by atoms with Gasteiger partial charge in [0.25, 0.3) is 0 Å². The van der Waals surface area contributed by atoms with Gasteiger partial charge in [-0.15, -0.1) is 11.3 Å². The third-order valence-electron chi connectivity index (χ3n) is 2.46. The second-order valence-electron chi connectivity index (χ2n) is 4.37. The van der Waals surface area contributed by atoms with Crippen molar-refractivity contribution in [2.45, 2.75) is 0 Å². The van der Waals surface area contributed by atoms with Crippen molar-refractivity contribution in [3.63, 3.8) is 0 Å². The first-order valence-electron chi connectivity index (χ1n) is 6.14. The summed E-state index contributed by atoms with van der Waals surface area (Å²) in [5, 5.41) is 10.2. The lowest BCUT2D eigenvalue weighted by molar-refractivity contribution is 0.643. The van der Waals surface area contributed by atoms with Gasteiger partial charge in [0.15, 0.2) is 0 Å². The van der Waals surface area contributed by atoms with Gasteiger partial charge in [0.2, 0.25) is 0 Å². The quantitative estimate of drug-likeness (QED) is 0.625. The number of nitriles is 1. The van der Waals surface area contributed by atoms with Gasteiger partial charge in [-0.3, -0.25) is 4.99 Å². The smallest absolute Gasteiger partial charge is 0.137 e. The Bertz CT molecular complexity index is 711. The lowest BCUT2D eigenvalue weighted by Gasteiger charge is -2.00. The molecule has 0 aliphatic heterocycles. The molecule has 0 N–H and O–H groups in total. The minimum Gasteiger partial charge on any atom is -0.369 e. The average Bonchev–Trinajstić information content (AvgIpc) is 2.79. The number of benzene rings is 1. The zero-order valence-corrected chi connectivity index (χ0v) is 13.2. The highest BCUT2D eigenvalue weighted by atomic mass is 35.5. The fraction of sp³-hybridized carbons (Fsp3) is 0.133. The molecule has 0 radical (unpaired) electrons. The number of nitrogens with zero attached hydrogens (tertiary/aromatic N) is 4. The number of aliphatic imine (C=N–C) groups is 2. The summed E-state index contributed by atoms with van der Waals surface area (Å²) in [6, 6.07) is 11.6. The standard InChI is InChI=1S/C15H13ClN4S/c1-20(2)10-19-15-12(8-17)14(16)13(21-15)9-18-11-6-4-3-5-7-11/h3-7,9-10H,1-2H3/b18-9?,19-10+. The number of halogens is 1. The van der Waals surface area contributed by atoms with E-state index in [9.17, 15) is 5.26 Å². The van der Waals surface area contributed by atoms with Crippen molar-refractivity contribution in [3.8, 4) is 6.07 Å². The molecule has 0 bridgehead atoms. The Morgan fingerprint density at radius 2 is 1.95 bits per heavy atom. The van der Waals surface area contributed by atoms with E-state index in [1.165, 1.54) is 11.3 Å². The zero-order chi connectivity index (χ0) is 15.2. The third-order valence-corrected chi connectivity index (χ3v) is 4.00. The molecule has 4 nitrogen and oxygen atoms in total. The first-order chi connectivity index (χ1) is 10.1. The molecule has 0 atom stereocenters. The molecule has 0 amide bonds. The summed E-state index contributed by atoms with van der Waals surface area (Å²) in [6.45, 7) is 0. The topological polar surface area (TPSA) is 51.8 Å². The Kier molecular flexibility index (Phi) is 5.09. The lowest BCUT2D eigenvalue weighted by Crippen LogP contribution is -2.06. The molecule has 1 aromatic heterocycles. The van der Waals surface area contributed by atoms with Gasteiger partial charge in [-0.05, 0) is 12.1 Å². The summed E-state index contributed by atoms with van der Waals surface area (Å²) < 4.78 is 0. The maximum absolute atomic E-state index is 9.20. The van der Waals surface area contributed by atoms with E-state index >= 15 is 0 Å². The predicted octanol–water partition coefficient (Wildman–Crippen LogP) is 4.25. The van der Waals surface area contributed by atoms with Crippen LogP contribution in [0.4, 0.5) is 10.7 Å². The van der Waals surface area contributed by atoms with Gasteiger partial charge in [-0.1, -0.05) is 29.8 Å². The fourth-order valence-electron chi connectivity index (χ4n) is 1.50. The van der Waals surface area contributed by atoms with Crippen molar-refractivity contribution >= 4 is 46.2 Å². The molecule has 2 rings (SSSR count). The maximum Gasteiger partial charge on any atom is 0.137 e. The van der Waals surface area contributed by atoms with Gasteiger partial charge < -0.3 is 4.90 Å². The minimum absolute atomic E-state index is 0.384. The van der Waals surface area contributed by atoms with Crippen LogP contribution >= 0.6 is 22.9 Å². The van der Waals surface area contributed by atoms with E-state index < -0.39 is 0 Å². The lowest BCUT2D eigenvalue weighted by atomic mass is 10.3. The molecule has 6 heteroatoms. The van der Waals surface area contributed by atoms with E-state index in [1.807, 2.05) is 44.4 Å². The molecule has 21 heavy (non-hydrogen) atoms. The van der Waals surface area contributed by atoms with Crippen molar-refractivity contribution in [2.75, 3.05) is 14.1 Å². The molecule has 0 saturated heterocycles. The third kappa shape index (κ3) is 3.91. The van der Waals surface area contributed by atoms with Crippen LogP contribution in [0.15, 0.2) is 40.3 Å². The largest absolute Gasteiger partial charge is 0.369 e. The number of para-hydroxylation sites is 1. The van der Waals surface area contributed by atoms with E-state index in [0.29, 0.717) is 15.6 Å². The predicted molar refractivity (Wildman–Crippen MR) is 89.6 cm³/mol. The molecule has 0 fully saturated rings. The monoisotopic (exact) mass is 316 g/mol. The van der Waals surface area contributed by atoms with Crippen LogP contribution in [0.25, 0.3) is 0 Å². The van der Waals surface area contributed by atoms with Crippen molar-refractivity contribution in [3.05, 3.63) is 45.8 Å². The van der Waals surface area contributed by atoms with Crippen LogP contribution in [0.5, 0.6) is 0 Å². The maximum atomic E-state index is 9.20. The van der Waals surface area contributed by atoms with Gasteiger partial charge in [-0.25, -0.2) is 4.99 Å². The summed E-state index contributed by atoms with van der Waals surface area (Å²) >= 11 is 7.56. The molecule has 1 aromatic carbocycles. The van der Waals surface area contributed by atoms with E-state index in [1.54, 1.807) is 17.5 Å². The molecule has 0 aliphatic rings. The van der Waals surface area contributed by atoms with Gasteiger partial charge in [0, 0.05) is 20.3 Å². The van der Waals surface area contributed by atoms with E-state index in [2.05, 4.69) is 16.1 Å². The summed E-state index contributed by atoms with van der Waals surface area (Å²) in [6.07, 6.45) is 3.30. The van der Waals surface area contributed by atoms with Crippen LogP contribution < -0.4 is 0 Å². The SMILES string of the molecule is CN(C)/C=N/c1sc(C=Nc2ccccc2)c(Cl)c1C#N. The Morgan fingerprint density at radius 3 is 2.57 bits per heavy atom. The van der Waals surface area contributed by atoms with Crippen molar-refractivity contribution < 1.29 is 0 Å². The van der Waals surface area contributed by atoms with Crippen LogP contribution in [0.3, 0.4) is 0 Å². The fourth-order valence-corrected chi connectivity index (χ4v) is 2.71. The van der Waals surface area contributed by atoms with Gasteiger partial charge in [0.1, 0.15) is 16.6 Å². The Balaban J connectivity index is 2.33. The highest BCUT2D eigenvalue weighted by molar-refractivity contribution is 7.18. The molecule has 2 aromatic rings. The molecule has 0 saturated carbocycles. The summed E-state index contributed by atoms with van der Waals surface area (Å²) in [7, 11) is 3.73. The van der Waals surface area contributed by atoms with Crippen molar-refractivity contribution in [1.29, 1.82) is 5.26 Å². The zero-order valence-electron chi connectivity index (χ0n) is 11.6. The molecule has 1 heterocycles. The second-order valence-corrected chi connectivity index (χ2v) is 5.78. The first-order valence-corrected chi connectivity index (χ1v) is 7.33. The van der Waals surface area contributed by atoms with E-state index in [4.69, 9.17) is 11.6 Å². The van der Waals surface area contributed by atoms with Crippen molar-refractivity contribution in [2.24, 2.45) is 9.98 Å². The van der Waals surface area contributed by atoms with Gasteiger partial charge >= 0.3 is 0 Å². The van der Waals surface area contributed by atoms with Crippen LogP contribution in [0.2, 0.25) is 5.02 Å². The molecule has 0 aliphatic carbocycles. The molecular weight excluding hydrogens is 304 g/mol. The Morgan fingerprint density at radius 1 is 1.24 bits per heavy atom. The molecule has 0 unspecified atom stereocenters. The van der Waals surface area contributed by atoms with Crippen molar-refractivity contribution in [1.82, 2.24) is 4.90 Å². The highest BCUT2D eigenvalue weighted by Crippen LogP contribution is 2.37. The van der Waals surface area contributed by atoms with Crippen LogP contribution in [0, 0.1) is 11.3 Å². The minimum atomic E-state index is 0.384. The molecular formula is C15H13ClN4S. The Hall–Kier alpha value is -2.16. The molecule has 0 spiro atoms. The number of thiophene rings is 1. The number of rotatable bonds is 4. The van der Waals surface area contributed by atoms with Crippen LogP contribution in [-0.4, -0.2) is 31.5 Å². The first kappa shape index (κ1) is 15.2. The highest BCUT2D eigenvalue weighted by Gasteiger charge is 2.14. The Labute approximate surface area is 132 Å². The number of hydrogen-bond donors (Lipinski definition) is 0. The van der Waals surface area contributed by atoms with E-state index in [0.717, 1.165) is 10.6 Å². The summed E-state index contributed by atoms with van der Waals surface area (Å²) in [5.74, 6) is 0. The van der Waals surface area contributed by atoms with E-state index in [-0.39, 0.29) is 0 Å². The normalized spacial score (nSPS) is 11.1. The van der Waals surface area contributed by atoms with Gasteiger partial charge in [0.05, 0.1) is 21.9 Å². The number of hydrogen-bond acceptors (Lipinski definition) is 4. The summed E-state index contributed by atoms with van der Waals surface area (Å²) in [4.78, 5) is 11.1. The average molecular weight is 317 g/mol. The van der Waals surface area contributed by atoms with Crippen LogP contribution in [0.1, 0.15) is 10.4 Å².